The standard InChI is InChI=1S/C52H81N7O11S2/c1-13-32(4)37(27-45(63)52(7,8)57(9)10)50(67)58(11)40(31(2)3)28-43(70-34(6)60)49-56-39(30-72-49)48(66)54-36(24-33(5)41(61)16-15-22-69-23-20-53)25-35-18-19-42(62)38(26-35)55-46(64)17-14-21-59-47(65)29-44(71-12)51(59)68/h18-19,26,30-33,36-37,40,43-44,62H,13-17,20-25,27-29,53H2,1-12H3,(H,54,66)(H,55,64)/p+1/t32-,33?,36+,37-,40+,43+,44?/m0/s1. The van der Waals surface area contributed by atoms with Crippen LogP contribution in [0, 0.1) is 23.7 Å². The summed E-state index contributed by atoms with van der Waals surface area (Å²) in [5.74, 6) is -3.68. The van der Waals surface area contributed by atoms with Gasteiger partial charge in [0.05, 0.1) is 29.6 Å². The number of nitrogens with zero attached hydrogens (tertiary/aromatic N) is 4. The second kappa shape index (κ2) is 29.2. The van der Waals surface area contributed by atoms with Crippen molar-refractivity contribution in [2.24, 2.45) is 23.7 Å². The average molecular weight is 1050 g/mol. The highest BCUT2D eigenvalue weighted by Gasteiger charge is 2.40. The Hall–Kier alpha value is -4.76. The average Bonchev–Trinajstić information content (AvgIpc) is 3.93. The number of hydrogen-bond donors (Lipinski definition) is 4. The van der Waals surface area contributed by atoms with Gasteiger partial charge in [0, 0.05) is 88.5 Å². The lowest BCUT2D eigenvalue weighted by Gasteiger charge is -2.38. The molecule has 3 rings (SSSR count). The lowest BCUT2D eigenvalue weighted by atomic mass is 9.81. The number of nitrogens with one attached hydrogen (secondary N) is 2. The Morgan fingerprint density at radius 3 is 2.32 bits per heavy atom. The molecule has 0 spiro atoms. The van der Waals surface area contributed by atoms with E-state index in [1.807, 2.05) is 60.5 Å². The van der Waals surface area contributed by atoms with Crippen LogP contribution in [0.3, 0.4) is 0 Å². The maximum Gasteiger partial charge on any atom is 0.303 e. The second-order valence-corrected chi connectivity index (χ2v) is 22.0. The van der Waals surface area contributed by atoms with Crippen molar-refractivity contribution in [3.8, 4) is 5.75 Å². The molecule has 1 fully saturated rings. The number of ether oxygens (including phenoxy) is 2. The Balaban J connectivity index is 1.86. The van der Waals surface area contributed by atoms with Gasteiger partial charge in [-0.15, -0.1) is 11.3 Å². The van der Waals surface area contributed by atoms with E-state index in [9.17, 15) is 43.5 Å². The Morgan fingerprint density at radius 1 is 1.03 bits per heavy atom. The molecule has 2 unspecified atom stereocenters. The molecule has 1 saturated heterocycles. The Kier molecular flexibility index (Phi) is 25.0. The van der Waals surface area contributed by atoms with E-state index in [-0.39, 0.29) is 116 Å². The number of benzene rings is 1. The van der Waals surface area contributed by atoms with Crippen LogP contribution in [0.25, 0.3) is 0 Å². The number of rotatable bonds is 32. The highest BCUT2D eigenvalue weighted by Crippen LogP contribution is 2.34. The number of carbonyl (C=O) groups is 8. The van der Waals surface area contributed by atoms with Crippen LogP contribution in [0.1, 0.15) is 140 Å². The Morgan fingerprint density at radius 2 is 1.72 bits per heavy atom. The first-order chi connectivity index (χ1) is 33.9. The molecule has 72 heavy (non-hydrogen) atoms. The number of esters is 1. The Bertz CT molecular complexity index is 2180. The molecule has 6 N–H and O–H groups in total. The molecule has 2 aromatic rings. The van der Waals surface area contributed by atoms with Gasteiger partial charge in [-0.1, -0.05) is 47.1 Å². The van der Waals surface area contributed by atoms with Crippen LogP contribution in [0.5, 0.6) is 5.75 Å². The van der Waals surface area contributed by atoms with Crippen LogP contribution in [-0.2, 0) is 49.5 Å². The molecule has 402 valence electrons. The molecule has 1 aromatic carbocycles. The number of quaternary nitrogens is 1. The smallest absolute Gasteiger partial charge is 0.303 e. The fraction of sp³-hybridized carbons (Fsp3) is 0.673. The summed E-state index contributed by atoms with van der Waals surface area (Å²) in [4.78, 5) is 115. The number of aromatic nitrogens is 1. The third kappa shape index (κ3) is 18.0. The summed E-state index contributed by atoms with van der Waals surface area (Å²) in [7, 11) is 5.40. The first-order valence-corrected chi connectivity index (χ1v) is 27.3. The van der Waals surface area contributed by atoms with Crippen LogP contribution in [0.15, 0.2) is 23.6 Å². The molecule has 0 aliphatic carbocycles. The number of likely N-dealkylation sites (tertiary alicyclic amines) is 1. The van der Waals surface area contributed by atoms with Crippen LogP contribution >= 0.6 is 23.1 Å². The third-order valence-corrected chi connectivity index (χ3v) is 15.7. The van der Waals surface area contributed by atoms with E-state index in [4.69, 9.17) is 9.47 Å². The number of phenols is 1. The van der Waals surface area contributed by atoms with E-state index in [1.54, 1.807) is 42.6 Å². The zero-order chi connectivity index (χ0) is 54.0. The molecule has 1 aromatic heterocycles. The minimum absolute atomic E-state index is 0.00442. The van der Waals surface area contributed by atoms with Crippen molar-refractivity contribution in [2.75, 3.05) is 59.0 Å². The van der Waals surface area contributed by atoms with E-state index < -0.39 is 58.6 Å². The third-order valence-electron chi connectivity index (χ3n) is 13.9. The number of Topliss-reactive ketones (excluding diaryl/α,β-unsaturated/α-hetero) is 2. The number of imide groups is 1. The topological polar surface area (TPSA) is 250 Å². The summed E-state index contributed by atoms with van der Waals surface area (Å²) < 4.78 is 11.4. The lowest BCUT2D eigenvalue weighted by molar-refractivity contribution is -0.374. The first kappa shape index (κ1) is 61.5. The van der Waals surface area contributed by atoms with Gasteiger partial charge in [0.25, 0.3) is 5.91 Å². The van der Waals surface area contributed by atoms with Crippen molar-refractivity contribution in [3.63, 3.8) is 0 Å². The Labute approximate surface area is 434 Å². The lowest BCUT2D eigenvalue weighted by Crippen LogP contribution is -2.52. The van der Waals surface area contributed by atoms with Gasteiger partial charge in [-0.25, -0.2) is 4.98 Å². The number of ketones is 2. The van der Waals surface area contributed by atoms with Gasteiger partial charge in [0.1, 0.15) is 22.2 Å². The molecule has 20 heteroatoms. The number of likely N-dealkylation sites (N-methyl/N-ethyl adjacent to an activating group) is 1. The van der Waals surface area contributed by atoms with E-state index in [1.165, 1.54) is 29.7 Å². The molecule has 1 aliphatic heterocycles. The maximum atomic E-state index is 14.4. The SMILES string of the molecule is CC[C@H](C)[C@H](CC(=O)C(C)(C)N(C)C)C(=O)N(C)[C@H](C[C@@H](OC(C)=O)c1nc(C(=O)N[C@@H](Cc2ccc(O)c(NC(=O)CCCN3C(=O)CC(SC)C3=O)c2)CC(C)C(=O)CCCOCC[NH3+])cs1)C(C)C. The van der Waals surface area contributed by atoms with Gasteiger partial charge in [-0.2, -0.15) is 11.8 Å². The van der Waals surface area contributed by atoms with Crippen LogP contribution < -0.4 is 16.4 Å². The monoisotopic (exact) mass is 1040 g/mol. The van der Waals surface area contributed by atoms with Crippen LogP contribution in [0.4, 0.5) is 5.69 Å². The molecule has 0 radical (unpaired) electrons. The highest BCUT2D eigenvalue weighted by molar-refractivity contribution is 8.00. The molecule has 0 saturated carbocycles. The van der Waals surface area contributed by atoms with Crippen molar-refractivity contribution < 1.29 is 58.7 Å². The zero-order valence-corrected chi connectivity index (χ0v) is 46.3. The summed E-state index contributed by atoms with van der Waals surface area (Å²) in [6, 6.07) is 3.63. The van der Waals surface area contributed by atoms with Crippen molar-refractivity contribution in [3.05, 3.63) is 39.8 Å². The molecule has 2 heterocycles. The predicted molar refractivity (Wildman–Crippen MR) is 279 cm³/mol. The molecular weight excluding hydrogens is 963 g/mol. The van der Waals surface area contributed by atoms with Crippen molar-refractivity contribution >= 4 is 75.9 Å². The molecule has 18 nitrogen and oxygen atoms in total. The van der Waals surface area contributed by atoms with E-state index >= 15 is 0 Å². The van der Waals surface area contributed by atoms with Crippen molar-refractivity contribution in [2.45, 2.75) is 149 Å². The maximum absolute atomic E-state index is 14.4. The van der Waals surface area contributed by atoms with E-state index in [0.29, 0.717) is 43.2 Å². The summed E-state index contributed by atoms with van der Waals surface area (Å²) in [5.41, 5.74) is 3.83. The van der Waals surface area contributed by atoms with E-state index in [0.717, 1.165) is 11.3 Å². The quantitative estimate of drug-likeness (QED) is 0.0307. The fourth-order valence-corrected chi connectivity index (χ4v) is 10.0. The fourth-order valence-electron chi connectivity index (χ4n) is 8.56. The number of carbonyl (C=O) groups excluding carboxylic acids is 8. The van der Waals surface area contributed by atoms with Gasteiger partial charge in [0.2, 0.25) is 23.6 Å². The number of anilines is 1. The van der Waals surface area contributed by atoms with Crippen molar-refractivity contribution in [1.82, 2.24) is 25.0 Å². The van der Waals surface area contributed by atoms with E-state index in [2.05, 4.69) is 21.4 Å². The second-order valence-electron chi connectivity index (χ2n) is 20.1. The summed E-state index contributed by atoms with van der Waals surface area (Å²) in [5, 5.41) is 18.0. The summed E-state index contributed by atoms with van der Waals surface area (Å²) >= 11 is 2.46. The van der Waals surface area contributed by atoms with Crippen LogP contribution in [-0.4, -0.2) is 148 Å². The normalized spacial score (nSPS) is 16.5. The predicted octanol–water partition coefficient (Wildman–Crippen LogP) is 5.47. The number of phenolic OH excluding ortho intramolecular Hbond substituents is 1. The summed E-state index contributed by atoms with van der Waals surface area (Å²) in [6.45, 7) is 16.4. The molecular formula is C52H82N7O11S2+. The molecule has 0 bridgehead atoms. The van der Waals surface area contributed by atoms with Gasteiger partial charge in [-0.3, -0.25) is 48.2 Å². The number of aromatic hydroxyl groups is 1. The van der Waals surface area contributed by atoms with Crippen molar-refractivity contribution in [1.29, 1.82) is 0 Å². The highest BCUT2D eigenvalue weighted by atomic mass is 32.2. The summed E-state index contributed by atoms with van der Waals surface area (Å²) in [6.07, 6.45) is 3.43. The number of amides is 5. The minimum Gasteiger partial charge on any atom is -0.506 e. The zero-order valence-electron chi connectivity index (χ0n) is 44.7. The molecule has 7 atom stereocenters. The number of hydrogen-bond acceptors (Lipinski definition) is 15. The molecule has 5 amide bonds. The van der Waals surface area contributed by atoms with Gasteiger partial charge >= 0.3 is 5.97 Å². The van der Waals surface area contributed by atoms with Gasteiger partial charge < -0.3 is 35.8 Å². The number of thiazole rings is 1. The first-order valence-electron chi connectivity index (χ1n) is 25.2. The van der Waals surface area contributed by atoms with Crippen LogP contribution in [0.2, 0.25) is 0 Å². The number of thioether (sulfide) groups is 1. The largest absolute Gasteiger partial charge is 0.506 e. The van der Waals surface area contributed by atoms with Gasteiger partial charge in [0.15, 0.2) is 11.9 Å². The van der Waals surface area contributed by atoms with Gasteiger partial charge in [-0.05, 0) is 89.4 Å². The molecule has 1 aliphatic rings. The minimum atomic E-state index is -0.914.